The van der Waals surface area contributed by atoms with E-state index < -0.39 is 18.8 Å². The van der Waals surface area contributed by atoms with Crippen LogP contribution in [0, 0.1) is 6.92 Å². The lowest BCUT2D eigenvalue weighted by atomic mass is 10.1. The molecule has 0 aromatic carbocycles. The van der Waals surface area contributed by atoms with Crippen LogP contribution in [0.1, 0.15) is 17.4 Å². The maximum absolute atomic E-state index is 9.33. The number of aliphatic hydroxyl groups is 3. The molecule has 2 atom stereocenters. The lowest BCUT2D eigenvalue weighted by Crippen LogP contribution is -2.21. The van der Waals surface area contributed by atoms with Crippen molar-refractivity contribution < 1.29 is 19.7 Å². The molecule has 0 aliphatic rings. The Bertz CT molecular complexity index is 243. The number of hydrogen-bond acceptors (Lipinski definition) is 4. The first-order valence-electron chi connectivity index (χ1n) is 3.67. The van der Waals surface area contributed by atoms with Gasteiger partial charge in [-0.25, -0.2) is 0 Å². The quantitative estimate of drug-likeness (QED) is 0.598. The second-order valence-electron chi connectivity index (χ2n) is 2.69. The third-order valence-electron chi connectivity index (χ3n) is 1.64. The molecular formula is C8H12O4. The fourth-order valence-corrected chi connectivity index (χ4v) is 0.941. The van der Waals surface area contributed by atoms with Gasteiger partial charge in [0.1, 0.15) is 18.0 Å². The molecule has 3 N–H and O–H groups in total. The fraction of sp³-hybridized carbons (Fsp3) is 0.500. The molecule has 1 aromatic rings. The minimum Gasteiger partial charge on any atom is -0.469 e. The van der Waals surface area contributed by atoms with E-state index in [9.17, 15) is 5.11 Å². The van der Waals surface area contributed by atoms with Gasteiger partial charge in [-0.15, -0.1) is 0 Å². The molecule has 4 heteroatoms. The van der Waals surface area contributed by atoms with Gasteiger partial charge in [0.15, 0.2) is 0 Å². The van der Waals surface area contributed by atoms with Gasteiger partial charge in [-0.2, -0.15) is 0 Å². The Hall–Kier alpha value is -0.840. The maximum Gasteiger partial charge on any atom is 0.110 e. The normalized spacial score (nSPS) is 16.0. The Morgan fingerprint density at radius 2 is 2.17 bits per heavy atom. The number of aryl methyl sites for hydroxylation is 1. The van der Waals surface area contributed by atoms with E-state index in [4.69, 9.17) is 14.6 Å². The summed E-state index contributed by atoms with van der Waals surface area (Å²) in [5, 5.41) is 26.9. The van der Waals surface area contributed by atoms with E-state index in [0.29, 0.717) is 11.3 Å². The standard InChI is InChI=1S/C8H12O4/c1-5-2-6(4-12-5)8(11)7(10)3-9/h2,4,7-11H,3H2,1H3/t7-,8-/m1/s1. The summed E-state index contributed by atoms with van der Waals surface area (Å²) in [6, 6.07) is 1.61. The molecule has 4 nitrogen and oxygen atoms in total. The predicted octanol–water partition coefficient (Wildman–Crippen LogP) is -0.0254. The topological polar surface area (TPSA) is 73.8 Å². The highest BCUT2D eigenvalue weighted by Gasteiger charge is 2.18. The van der Waals surface area contributed by atoms with Crippen molar-refractivity contribution in [1.29, 1.82) is 0 Å². The summed E-state index contributed by atoms with van der Waals surface area (Å²) >= 11 is 0. The van der Waals surface area contributed by atoms with Gasteiger partial charge in [0.05, 0.1) is 12.9 Å². The highest BCUT2D eigenvalue weighted by atomic mass is 16.4. The first-order chi connectivity index (χ1) is 5.65. The zero-order valence-corrected chi connectivity index (χ0v) is 6.77. The van der Waals surface area contributed by atoms with Crippen molar-refractivity contribution in [3.05, 3.63) is 23.7 Å². The second kappa shape index (κ2) is 3.71. The second-order valence-corrected chi connectivity index (χ2v) is 2.69. The van der Waals surface area contributed by atoms with E-state index in [1.54, 1.807) is 13.0 Å². The van der Waals surface area contributed by atoms with Crippen LogP contribution in [0.25, 0.3) is 0 Å². The molecule has 12 heavy (non-hydrogen) atoms. The van der Waals surface area contributed by atoms with Gasteiger partial charge in [0.25, 0.3) is 0 Å². The zero-order chi connectivity index (χ0) is 9.14. The van der Waals surface area contributed by atoms with Crippen LogP contribution in [-0.2, 0) is 0 Å². The number of hydrogen-bond donors (Lipinski definition) is 3. The largest absolute Gasteiger partial charge is 0.469 e. The minimum absolute atomic E-state index is 0.467. The van der Waals surface area contributed by atoms with Crippen molar-refractivity contribution >= 4 is 0 Å². The molecule has 0 aliphatic carbocycles. The molecule has 0 bridgehead atoms. The number of rotatable bonds is 3. The van der Waals surface area contributed by atoms with Crippen LogP contribution in [0.3, 0.4) is 0 Å². The van der Waals surface area contributed by atoms with Crippen LogP contribution in [0.5, 0.6) is 0 Å². The molecule has 0 saturated carbocycles. The van der Waals surface area contributed by atoms with E-state index in [1.807, 2.05) is 0 Å². The van der Waals surface area contributed by atoms with E-state index in [0.717, 1.165) is 0 Å². The van der Waals surface area contributed by atoms with Gasteiger partial charge in [-0.1, -0.05) is 0 Å². The summed E-state index contributed by atoms with van der Waals surface area (Å²) in [6.07, 6.45) is -0.867. The molecule has 0 radical (unpaired) electrons. The Morgan fingerprint density at radius 1 is 1.50 bits per heavy atom. The molecular weight excluding hydrogens is 160 g/mol. The number of furan rings is 1. The van der Waals surface area contributed by atoms with Crippen molar-refractivity contribution in [3.63, 3.8) is 0 Å². The Morgan fingerprint density at radius 3 is 2.58 bits per heavy atom. The first kappa shape index (κ1) is 9.25. The van der Waals surface area contributed by atoms with Crippen molar-refractivity contribution in [2.24, 2.45) is 0 Å². The van der Waals surface area contributed by atoms with Crippen molar-refractivity contribution in [2.75, 3.05) is 6.61 Å². The van der Waals surface area contributed by atoms with Crippen LogP contribution in [0.2, 0.25) is 0 Å². The smallest absolute Gasteiger partial charge is 0.110 e. The molecule has 0 fully saturated rings. The summed E-state index contributed by atoms with van der Waals surface area (Å²) in [7, 11) is 0. The summed E-state index contributed by atoms with van der Waals surface area (Å²) < 4.78 is 4.93. The van der Waals surface area contributed by atoms with E-state index in [2.05, 4.69) is 0 Å². The summed E-state index contributed by atoms with van der Waals surface area (Å²) in [4.78, 5) is 0. The molecule has 0 unspecified atom stereocenters. The van der Waals surface area contributed by atoms with Crippen LogP contribution in [0.4, 0.5) is 0 Å². The summed E-state index contributed by atoms with van der Waals surface area (Å²) in [5.74, 6) is 0.661. The van der Waals surface area contributed by atoms with E-state index >= 15 is 0 Å². The highest BCUT2D eigenvalue weighted by molar-refractivity contribution is 5.15. The van der Waals surface area contributed by atoms with E-state index in [-0.39, 0.29) is 0 Å². The average Bonchev–Trinajstić information content (AvgIpc) is 2.49. The van der Waals surface area contributed by atoms with E-state index in [1.165, 1.54) is 6.26 Å². The molecule has 1 rings (SSSR count). The molecule has 0 spiro atoms. The van der Waals surface area contributed by atoms with Gasteiger partial charge in [0.2, 0.25) is 0 Å². The zero-order valence-electron chi connectivity index (χ0n) is 6.77. The summed E-state index contributed by atoms with van der Waals surface area (Å²) in [5.41, 5.74) is 0.481. The third-order valence-corrected chi connectivity index (χ3v) is 1.64. The molecule has 0 aliphatic heterocycles. The first-order valence-corrected chi connectivity index (χ1v) is 3.67. The van der Waals surface area contributed by atoms with Gasteiger partial charge in [-0.3, -0.25) is 0 Å². The summed E-state index contributed by atoms with van der Waals surface area (Å²) in [6.45, 7) is 1.27. The predicted molar refractivity (Wildman–Crippen MR) is 41.5 cm³/mol. The molecule has 0 amide bonds. The van der Waals surface area contributed by atoms with Crippen molar-refractivity contribution in [2.45, 2.75) is 19.1 Å². The third kappa shape index (κ3) is 1.85. The Balaban J connectivity index is 2.70. The minimum atomic E-state index is -1.15. The molecule has 68 valence electrons. The maximum atomic E-state index is 9.33. The van der Waals surface area contributed by atoms with Gasteiger partial charge in [0, 0.05) is 5.56 Å². The monoisotopic (exact) mass is 172 g/mol. The van der Waals surface area contributed by atoms with Crippen LogP contribution < -0.4 is 0 Å². The average molecular weight is 172 g/mol. The van der Waals surface area contributed by atoms with Crippen LogP contribution >= 0.6 is 0 Å². The Kier molecular flexibility index (Phi) is 2.86. The molecule has 1 heterocycles. The lowest BCUT2D eigenvalue weighted by molar-refractivity contribution is -0.0155. The van der Waals surface area contributed by atoms with Gasteiger partial charge in [-0.05, 0) is 13.0 Å². The highest BCUT2D eigenvalue weighted by Crippen LogP contribution is 2.18. The van der Waals surface area contributed by atoms with Crippen LogP contribution in [-0.4, -0.2) is 28.0 Å². The molecule has 0 saturated heterocycles. The van der Waals surface area contributed by atoms with Crippen LogP contribution in [0.15, 0.2) is 16.7 Å². The van der Waals surface area contributed by atoms with Gasteiger partial charge < -0.3 is 19.7 Å². The SMILES string of the molecule is Cc1cc([C@@H](O)[C@H](O)CO)co1. The van der Waals surface area contributed by atoms with Crippen molar-refractivity contribution in [1.82, 2.24) is 0 Å². The van der Waals surface area contributed by atoms with Crippen molar-refractivity contribution in [3.8, 4) is 0 Å². The fourth-order valence-electron chi connectivity index (χ4n) is 0.941. The number of aliphatic hydroxyl groups excluding tert-OH is 3. The molecule has 1 aromatic heterocycles. The van der Waals surface area contributed by atoms with Gasteiger partial charge >= 0.3 is 0 Å². The Labute approximate surface area is 70.1 Å². The lowest BCUT2D eigenvalue weighted by Gasteiger charge is -2.12.